The van der Waals surface area contributed by atoms with Crippen LogP contribution in [0.2, 0.25) is 0 Å². The highest BCUT2D eigenvalue weighted by Gasteiger charge is 2.20. The van der Waals surface area contributed by atoms with E-state index in [1.165, 1.54) is 5.56 Å². The molecular weight excluding hydrogens is 312 g/mol. The fourth-order valence-corrected chi connectivity index (χ4v) is 3.21. The second-order valence-corrected chi connectivity index (χ2v) is 5.98. The zero-order valence-corrected chi connectivity index (χ0v) is 14.7. The Kier molecular flexibility index (Phi) is 5.46. The van der Waals surface area contributed by atoms with Crippen molar-refractivity contribution in [3.05, 3.63) is 65.9 Å². The van der Waals surface area contributed by atoms with Gasteiger partial charge in [-0.1, -0.05) is 62.4 Å². The highest BCUT2D eigenvalue weighted by molar-refractivity contribution is 6.04. The van der Waals surface area contributed by atoms with E-state index in [-0.39, 0.29) is 11.9 Å². The van der Waals surface area contributed by atoms with Crippen molar-refractivity contribution in [1.29, 1.82) is 0 Å². The van der Waals surface area contributed by atoms with E-state index in [9.17, 15) is 4.79 Å². The number of hydrogen-bond acceptors (Lipinski definition) is 3. The Balaban J connectivity index is 1.77. The Bertz CT molecular complexity index is 824. The van der Waals surface area contributed by atoms with Crippen LogP contribution in [0, 0.1) is 0 Å². The van der Waals surface area contributed by atoms with Gasteiger partial charge in [-0.3, -0.25) is 14.8 Å². The Morgan fingerprint density at radius 2 is 1.76 bits per heavy atom. The van der Waals surface area contributed by atoms with Crippen molar-refractivity contribution < 1.29 is 4.79 Å². The number of para-hydroxylation sites is 1. The molecule has 1 aromatic heterocycles. The summed E-state index contributed by atoms with van der Waals surface area (Å²) in [5, 5.41) is 11.0. The Labute approximate surface area is 148 Å². The fourth-order valence-electron chi connectivity index (χ4n) is 3.21. The SMILES string of the molecule is CCN(CC)C(CNC(=O)c1n[nH]c2ccccc12)c1ccccc1. The first kappa shape index (κ1) is 17.2. The van der Waals surface area contributed by atoms with Crippen molar-refractivity contribution in [3.8, 4) is 0 Å². The number of aromatic nitrogens is 2. The number of nitrogens with one attached hydrogen (secondary N) is 2. The molecule has 0 saturated heterocycles. The van der Waals surface area contributed by atoms with E-state index < -0.39 is 0 Å². The molecule has 25 heavy (non-hydrogen) atoms. The number of hydrogen-bond donors (Lipinski definition) is 2. The third-order valence-corrected chi connectivity index (χ3v) is 4.58. The maximum absolute atomic E-state index is 12.6. The normalized spacial score (nSPS) is 12.4. The number of carbonyl (C=O) groups is 1. The highest BCUT2D eigenvalue weighted by Crippen LogP contribution is 2.20. The molecule has 0 fully saturated rings. The molecule has 0 radical (unpaired) electrons. The van der Waals surface area contributed by atoms with Crippen LogP contribution in [0.3, 0.4) is 0 Å². The van der Waals surface area contributed by atoms with Crippen LogP contribution in [0.1, 0.15) is 35.9 Å². The molecule has 3 rings (SSSR count). The summed E-state index contributed by atoms with van der Waals surface area (Å²) < 4.78 is 0. The standard InChI is InChI=1S/C20H24N4O/c1-3-24(4-2)18(15-10-6-5-7-11-15)14-21-20(25)19-16-12-8-9-13-17(16)22-23-19/h5-13,18H,3-4,14H2,1-2H3,(H,21,25)(H,22,23). The highest BCUT2D eigenvalue weighted by atomic mass is 16.1. The summed E-state index contributed by atoms with van der Waals surface area (Å²) >= 11 is 0. The second kappa shape index (κ2) is 7.94. The second-order valence-electron chi connectivity index (χ2n) is 5.98. The molecule has 0 aliphatic heterocycles. The number of aromatic amines is 1. The Morgan fingerprint density at radius 1 is 1.08 bits per heavy atom. The Hall–Kier alpha value is -2.66. The molecular formula is C20H24N4O. The minimum Gasteiger partial charge on any atom is -0.349 e. The molecule has 1 atom stereocenters. The molecule has 0 spiro atoms. The van der Waals surface area contributed by atoms with Gasteiger partial charge in [-0.15, -0.1) is 0 Å². The predicted molar refractivity (Wildman–Crippen MR) is 101 cm³/mol. The zero-order chi connectivity index (χ0) is 17.6. The maximum Gasteiger partial charge on any atom is 0.272 e. The van der Waals surface area contributed by atoms with Crippen molar-refractivity contribution in [2.24, 2.45) is 0 Å². The van der Waals surface area contributed by atoms with Gasteiger partial charge < -0.3 is 5.32 Å². The van der Waals surface area contributed by atoms with Crippen LogP contribution in [0.4, 0.5) is 0 Å². The van der Waals surface area contributed by atoms with E-state index in [1.54, 1.807) is 0 Å². The molecule has 130 valence electrons. The van der Waals surface area contributed by atoms with Crippen LogP contribution in [0.25, 0.3) is 10.9 Å². The topological polar surface area (TPSA) is 61.0 Å². The number of H-pyrrole nitrogens is 1. The average molecular weight is 336 g/mol. The van der Waals surface area contributed by atoms with E-state index in [0.717, 1.165) is 24.0 Å². The number of rotatable bonds is 7. The number of benzene rings is 2. The van der Waals surface area contributed by atoms with E-state index >= 15 is 0 Å². The van der Waals surface area contributed by atoms with Crippen molar-refractivity contribution in [3.63, 3.8) is 0 Å². The first-order valence-electron chi connectivity index (χ1n) is 8.74. The smallest absolute Gasteiger partial charge is 0.272 e. The van der Waals surface area contributed by atoms with Crippen molar-refractivity contribution in [1.82, 2.24) is 20.4 Å². The molecule has 2 aromatic carbocycles. The van der Waals surface area contributed by atoms with Gasteiger partial charge >= 0.3 is 0 Å². The van der Waals surface area contributed by atoms with Crippen LogP contribution in [0.5, 0.6) is 0 Å². The van der Waals surface area contributed by atoms with Crippen LogP contribution >= 0.6 is 0 Å². The first-order valence-corrected chi connectivity index (χ1v) is 8.74. The number of nitrogens with zero attached hydrogens (tertiary/aromatic N) is 2. The van der Waals surface area contributed by atoms with E-state index in [1.807, 2.05) is 42.5 Å². The van der Waals surface area contributed by atoms with Gasteiger partial charge in [0.1, 0.15) is 0 Å². The van der Waals surface area contributed by atoms with Gasteiger partial charge in [-0.25, -0.2) is 0 Å². The summed E-state index contributed by atoms with van der Waals surface area (Å²) in [5.41, 5.74) is 2.52. The Morgan fingerprint density at radius 3 is 2.48 bits per heavy atom. The van der Waals surface area contributed by atoms with Crippen LogP contribution < -0.4 is 5.32 Å². The van der Waals surface area contributed by atoms with E-state index in [2.05, 4.69) is 46.4 Å². The van der Waals surface area contributed by atoms with Crippen LogP contribution in [-0.4, -0.2) is 40.6 Å². The summed E-state index contributed by atoms with van der Waals surface area (Å²) in [6, 6.07) is 18.1. The van der Waals surface area contributed by atoms with Crippen molar-refractivity contribution >= 4 is 16.8 Å². The van der Waals surface area contributed by atoms with Gasteiger partial charge in [-0.05, 0) is 24.7 Å². The molecule has 5 nitrogen and oxygen atoms in total. The summed E-state index contributed by atoms with van der Waals surface area (Å²) in [7, 11) is 0. The van der Waals surface area contributed by atoms with Crippen LogP contribution in [0.15, 0.2) is 54.6 Å². The van der Waals surface area contributed by atoms with Crippen LogP contribution in [-0.2, 0) is 0 Å². The molecule has 1 unspecified atom stereocenters. The maximum atomic E-state index is 12.6. The summed E-state index contributed by atoms with van der Waals surface area (Å²) in [5.74, 6) is -0.148. The lowest BCUT2D eigenvalue weighted by Crippen LogP contribution is -2.38. The lowest BCUT2D eigenvalue weighted by atomic mass is 10.0. The molecule has 3 aromatic rings. The molecule has 5 heteroatoms. The number of fused-ring (bicyclic) bond motifs is 1. The van der Waals surface area contributed by atoms with Gasteiger partial charge in [0.05, 0.1) is 11.6 Å². The molecule has 0 aliphatic carbocycles. The largest absolute Gasteiger partial charge is 0.349 e. The van der Waals surface area contributed by atoms with Crippen molar-refractivity contribution in [2.45, 2.75) is 19.9 Å². The zero-order valence-electron chi connectivity index (χ0n) is 14.7. The van der Waals surface area contributed by atoms with E-state index in [0.29, 0.717) is 12.2 Å². The van der Waals surface area contributed by atoms with Gasteiger partial charge in [-0.2, -0.15) is 5.10 Å². The average Bonchev–Trinajstić information content (AvgIpc) is 3.10. The monoisotopic (exact) mass is 336 g/mol. The number of carbonyl (C=O) groups excluding carboxylic acids is 1. The fraction of sp³-hybridized carbons (Fsp3) is 0.300. The van der Waals surface area contributed by atoms with Gasteiger partial charge in [0.2, 0.25) is 0 Å². The molecule has 0 bridgehead atoms. The minimum absolute atomic E-state index is 0.144. The summed E-state index contributed by atoms with van der Waals surface area (Å²) in [4.78, 5) is 15.0. The minimum atomic E-state index is -0.148. The molecule has 2 N–H and O–H groups in total. The molecule has 0 saturated carbocycles. The lowest BCUT2D eigenvalue weighted by molar-refractivity contribution is 0.0931. The van der Waals surface area contributed by atoms with Gasteiger partial charge in [0.15, 0.2) is 5.69 Å². The molecule has 0 aliphatic rings. The third-order valence-electron chi connectivity index (χ3n) is 4.58. The third kappa shape index (κ3) is 3.72. The first-order chi connectivity index (χ1) is 12.2. The van der Waals surface area contributed by atoms with Gasteiger partial charge in [0, 0.05) is 11.9 Å². The van der Waals surface area contributed by atoms with Gasteiger partial charge in [0.25, 0.3) is 5.91 Å². The van der Waals surface area contributed by atoms with E-state index in [4.69, 9.17) is 0 Å². The number of amides is 1. The van der Waals surface area contributed by atoms with Crippen molar-refractivity contribution in [2.75, 3.05) is 19.6 Å². The molecule has 1 heterocycles. The molecule has 1 amide bonds. The summed E-state index contributed by atoms with van der Waals surface area (Å²) in [6.45, 7) is 6.69. The quantitative estimate of drug-likeness (QED) is 0.695. The lowest BCUT2D eigenvalue weighted by Gasteiger charge is -2.30. The summed E-state index contributed by atoms with van der Waals surface area (Å²) in [6.07, 6.45) is 0. The predicted octanol–water partition coefficient (Wildman–Crippen LogP) is 3.38. The number of likely N-dealkylation sites (N-methyl/N-ethyl adjacent to an activating group) is 1.